The van der Waals surface area contributed by atoms with E-state index >= 15 is 0 Å². The van der Waals surface area contributed by atoms with Gasteiger partial charge in [0.2, 0.25) is 0 Å². The van der Waals surface area contributed by atoms with Crippen LogP contribution in [0.4, 0.5) is 11.4 Å². The molecule has 38 heavy (non-hydrogen) atoms. The summed E-state index contributed by atoms with van der Waals surface area (Å²) in [6.07, 6.45) is -2.44. The highest BCUT2D eigenvalue weighted by Gasteiger charge is 2.33. The van der Waals surface area contributed by atoms with Gasteiger partial charge in [-0.25, -0.2) is 0 Å². The van der Waals surface area contributed by atoms with Crippen LogP contribution in [-0.4, -0.2) is 75.9 Å². The number of aliphatic hydroxyl groups is 4. The molecule has 0 fully saturated rings. The highest BCUT2D eigenvalue weighted by atomic mass is 127. The number of amides is 2. The van der Waals surface area contributed by atoms with Crippen molar-refractivity contribution in [2.75, 3.05) is 36.1 Å². The zero-order valence-corrected chi connectivity index (χ0v) is 26.3. The Bertz CT molecular complexity index is 1180. The molecule has 2 unspecified atom stereocenters. The van der Waals surface area contributed by atoms with E-state index in [2.05, 4.69) is 0 Å². The number of anilines is 2. The lowest BCUT2D eigenvalue weighted by Gasteiger charge is -2.28. The fraction of sp³-hybridized carbons (Fsp3) is 0.231. The van der Waals surface area contributed by atoms with E-state index in [4.69, 9.17) is 0 Å². The maximum atomic E-state index is 14.0. The summed E-state index contributed by atoms with van der Waals surface area (Å²) < 4.78 is 0.709. The summed E-state index contributed by atoms with van der Waals surface area (Å²) in [4.78, 5) is 30.5. The number of hydrogen-bond acceptors (Lipinski definition) is 7. The van der Waals surface area contributed by atoms with E-state index in [-0.39, 0.29) is 40.7 Å². The largest absolute Gasteiger partial charge is 0.506 e. The molecule has 0 spiro atoms. The van der Waals surface area contributed by atoms with E-state index in [1.54, 1.807) is 60.7 Å². The number of benzene rings is 3. The average Bonchev–Trinajstić information content (AvgIpc) is 2.93. The van der Waals surface area contributed by atoms with Crippen molar-refractivity contribution in [1.82, 2.24) is 0 Å². The number of aliphatic hydroxyl groups excluding tert-OH is 4. The van der Waals surface area contributed by atoms with E-state index in [1.165, 1.54) is 9.80 Å². The molecular weight excluding hydrogens is 833 g/mol. The Kier molecular flexibility index (Phi) is 11.6. The predicted octanol–water partition coefficient (Wildman–Crippen LogP) is 3.21. The van der Waals surface area contributed by atoms with Crippen LogP contribution in [0.2, 0.25) is 0 Å². The molecule has 5 N–H and O–H groups in total. The van der Waals surface area contributed by atoms with Gasteiger partial charge < -0.3 is 35.3 Å². The molecule has 2 atom stereocenters. The first-order chi connectivity index (χ1) is 18.1. The Labute approximate surface area is 260 Å². The molecule has 0 aliphatic carbocycles. The van der Waals surface area contributed by atoms with Crippen LogP contribution < -0.4 is 9.80 Å². The maximum absolute atomic E-state index is 14.0. The van der Waals surface area contributed by atoms with Crippen molar-refractivity contribution in [3.05, 3.63) is 82.5 Å². The number of hydrogen-bond donors (Lipinski definition) is 5. The molecule has 9 nitrogen and oxygen atoms in total. The van der Waals surface area contributed by atoms with Crippen LogP contribution in [0.5, 0.6) is 5.75 Å². The number of halogens is 3. The van der Waals surface area contributed by atoms with Gasteiger partial charge in [0, 0.05) is 14.9 Å². The third-order valence-corrected chi connectivity index (χ3v) is 8.73. The molecule has 2 amide bonds. The SMILES string of the molecule is O=C(c1c(I)c(O)c(I)c(C(=O)N(CC(O)CO)c2ccccc2)c1I)N(CC(O)CO)c1ccccc1. The second-order valence-electron chi connectivity index (χ2n) is 8.22. The number of para-hydroxylation sites is 2. The molecule has 3 rings (SSSR count). The van der Waals surface area contributed by atoms with Crippen LogP contribution in [0.25, 0.3) is 0 Å². The van der Waals surface area contributed by atoms with Crippen molar-refractivity contribution in [3.8, 4) is 5.75 Å². The summed E-state index contributed by atoms with van der Waals surface area (Å²) in [5.74, 6) is -1.43. The normalized spacial score (nSPS) is 12.6. The number of carbonyl (C=O) groups is 2. The Morgan fingerprint density at radius 1 is 0.658 bits per heavy atom. The van der Waals surface area contributed by atoms with Gasteiger partial charge in [-0.2, -0.15) is 0 Å². The number of rotatable bonds is 10. The maximum Gasteiger partial charge on any atom is 0.260 e. The highest BCUT2D eigenvalue weighted by Crippen LogP contribution is 2.38. The quantitative estimate of drug-likeness (QED) is 0.198. The number of phenolic OH excluding ortho intramolecular Hbond substituents is 1. The summed E-state index contributed by atoms with van der Waals surface area (Å²) >= 11 is 5.58. The summed E-state index contributed by atoms with van der Waals surface area (Å²) in [5, 5.41) is 50.2. The molecule has 0 saturated carbocycles. The van der Waals surface area contributed by atoms with Gasteiger partial charge in [-0.1, -0.05) is 36.4 Å². The van der Waals surface area contributed by atoms with Crippen LogP contribution in [0, 0.1) is 10.7 Å². The molecule has 0 heterocycles. The monoisotopic (exact) mass is 858 g/mol. The number of nitrogens with zero attached hydrogens (tertiary/aromatic N) is 2. The first-order valence-electron chi connectivity index (χ1n) is 11.3. The van der Waals surface area contributed by atoms with Crippen molar-refractivity contribution >= 4 is 91.0 Å². The lowest BCUT2D eigenvalue weighted by molar-refractivity contribution is 0.0863. The third-order valence-electron chi connectivity index (χ3n) is 5.56. The van der Waals surface area contributed by atoms with Gasteiger partial charge in [-0.15, -0.1) is 0 Å². The predicted molar refractivity (Wildman–Crippen MR) is 169 cm³/mol. The topological polar surface area (TPSA) is 142 Å². The van der Waals surface area contributed by atoms with Gasteiger partial charge >= 0.3 is 0 Å². The minimum Gasteiger partial charge on any atom is -0.506 e. The molecule has 0 bridgehead atoms. The molecule has 0 aliphatic heterocycles. The standard InChI is InChI=1S/C26H25I3N2O7/c27-21-19(25(37)30(11-17(34)13-32)15-7-3-1-4-8-15)22(28)24(36)23(29)20(21)26(38)31(12-18(35)14-33)16-9-5-2-6-10-16/h1-10,17-18,32-36H,11-14H2. The van der Waals surface area contributed by atoms with Gasteiger partial charge in [0.05, 0.1) is 56.8 Å². The zero-order valence-electron chi connectivity index (χ0n) is 19.8. The Hall–Kier alpha value is -1.57. The number of carbonyl (C=O) groups excluding carboxylic acids is 2. The minimum absolute atomic E-state index is 0.0529. The Balaban J connectivity index is 2.18. The van der Waals surface area contributed by atoms with Crippen molar-refractivity contribution in [3.63, 3.8) is 0 Å². The van der Waals surface area contributed by atoms with E-state index in [9.17, 15) is 35.1 Å². The smallest absolute Gasteiger partial charge is 0.260 e. The van der Waals surface area contributed by atoms with Crippen LogP contribution in [-0.2, 0) is 0 Å². The molecule has 3 aromatic carbocycles. The zero-order chi connectivity index (χ0) is 28.0. The second-order valence-corrected chi connectivity index (χ2v) is 11.5. The first kappa shape index (κ1) is 31.0. The van der Waals surface area contributed by atoms with Gasteiger partial charge in [0.15, 0.2) is 0 Å². The van der Waals surface area contributed by atoms with Gasteiger partial charge in [-0.05, 0) is 92.0 Å². The fourth-order valence-corrected chi connectivity index (χ4v) is 7.75. The number of phenols is 1. The lowest BCUT2D eigenvalue weighted by Crippen LogP contribution is -2.41. The highest BCUT2D eigenvalue weighted by molar-refractivity contribution is 14.1. The van der Waals surface area contributed by atoms with Crippen LogP contribution in [0.1, 0.15) is 20.7 Å². The van der Waals surface area contributed by atoms with Gasteiger partial charge in [0.25, 0.3) is 11.8 Å². The van der Waals surface area contributed by atoms with Crippen LogP contribution in [0.3, 0.4) is 0 Å². The molecule has 0 aliphatic rings. The Morgan fingerprint density at radius 3 is 1.32 bits per heavy atom. The van der Waals surface area contributed by atoms with Crippen LogP contribution >= 0.6 is 67.8 Å². The minimum atomic E-state index is -1.22. The van der Waals surface area contributed by atoms with Crippen molar-refractivity contribution in [2.45, 2.75) is 12.2 Å². The van der Waals surface area contributed by atoms with Gasteiger partial charge in [-0.3, -0.25) is 9.59 Å². The van der Waals surface area contributed by atoms with Crippen molar-refractivity contribution in [1.29, 1.82) is 0 Å². The molecule has 0 saturated heterocycles. The molecule has 0 radical (unpaired) electrons. The molecule has 0 aromatic heterocycles. The lowest BCUT2D eigenvalue weighted by atomic mass is 10.1. The van der Waals surface area contributed by atoms with E-state index in [0.29, 0.717) is 11.4 Å². The van der Waals surface area contributed by atoms with Crippen LogP contribution in [0.15, 0.2) is 60.7 Å². The molecule has 202 valence electrons. The fourth-order valence-electron chi connectivity index (χ4n) is 3.66. The average molecular weight is 858 g/mol. The van der Waals surface area contributed by atoms with E-state index in [1.807, 2.05) is 67.8 Å². The van der Waals surface area contributed by atoms with E-state index in [0.717, 1.165) is 0 Å². The second kappa shape index (κ2) is 14.2. The summed E-state index contributed by atoms with van der Waals surface area (Å²) in [6, 6.07) is 17.1. The van der Waals surface area contributed by atoms with Gasteiger partial charge in [0.1, 0.15) is 5.75 Å². The summed E-state index contributed by atoms with van der Waals surface area (Å²) in [6.45, 7) is -1.57. The van der Waals surface area contributed by atoms with Crippen molar-refractivity contribution in [2.24, 2.45) is 0 Å². The number of aromatic hydroxyl groups is 1. The van der Waals surface area contributed by atoms with E-state index < -0.39 is 37.2 Å². The first-order valence-corrected chi connectivity index (χ1v) is 14.6. The molecule has 3 aromatic rings. The molecular formula is C26H25I3N2O7. The third kappa shape index (κ3) is 6.95. The Morgan fingerprint density at radius 2 is 1.00 bits per heavy atom. The molecule has 12 heteroatoms. The summed E-state index contributed by atoms with van der Waals surface area (Å²) in [7, 11) is 0. The van der Waals surface area contributed by atoms with Crippen molar-refractivity contribution < 1.29 is 35.1 Å². The summed E-state index contributed by atoms with van der Waals surface area (Å²) in [5.41, 5.74) is 1.02.